The normalized spacial score (nSPS) is 12.2. The van der Waals surface area contributed by atoms with Crippen molar-refractivity contribution >= 4 is 23.3 Å². The first-order valence-electron chi connectivity index (χ1n) is 8.11. The van der Waals surface area contributed by atoms with Crippen LogP contribution < -0.4 is 5.32 Å². The molecule has 0 aliphatic rings. The summed E-state index contributed by atoms with van der Waals surface area (Å²) in [7, 11) is 1.63. The molecule has 130 valence electrons. The monoisotopic (exact) mass is 355 g/mol. The molecule has 0 saturated heterocycles. The maximum Gasteiger partial charge on any atom is 0.252 e. The first-order chi connectivity index (χ1) is 12.2. The van der Waals surface area contributed by atoms with Gasteiger partial charge in [-0.3, -0.25) is 4.79 Å². The number of nitrogens with one attached hydrogen (secondary N) is 1. The molecule has 0 fully saturated rings. The molecule has 3 rings (SSSR count). The van der Waals surface area contributed by atoms with E-state index in [0.717, 1.165) is 16.2 Å². The Hall–Kier alpha value is -2.31. The number of carbonyl (C=O) groups is 1. The van der Waals surface area contributed by atoms with Crippen molar-refractivity contribution in [3.05, 3.63) is 66.1 Å². The highest BCUT2D eigenvalue weighted by atomic mass is 32.2. The zero-order valence-electron chi connectivity index (χ0n) is 14.3. The van der Waals surface area contributed by atoms with E-state index in [1.54, 1.807) is 18.9 Å². The van der Waals surface area contributed by atoms with Crippen molar-refractivity contribution in [1.82, 2.24) is 14.7 Å². The molecule has 0 aliphatic heterocycles. The molecule has 2 aromatic heterocycles. The van der Waals surface area contributed by atoms with E-state index in [9.17, 15) is 4.79 Å². The highest BCUT2D eigenvalue weighted by Gasteiger charge is 2.14. The fourth-order valence-corrected chi connectivity index (χ4v) is 3.52. The molecule has 1 aromatic carbocycles. The van der Waals surface area contributed by atoms with Gasteiger partial charge in [-0.2, -0.15) is 0 Å². The minimum Gasteiger partial charge on any atom is -0.383 e. The first kappa shape index (κ1) is 17.5. The van der Waals surface area contributed by atoms with Crippen LogP contribution in [0.25, 0.3) is 5.65 Å². The van der Waals surface area contributed by atoms with Crippen LogP contribution in [-0.2, 0) is 10.5 Å². The molecule has 25 heavy (non-hydrogen) atoms. The lowest BCUT2D eigenvalue weighted by atomic mass is 10.2. The Balaban J connectivity index is 1.71. The number of methoxy groups -OCH3 is 1. The third kappa shape index (κ3) is 4.41. The van der Waals surface area contributed by atoms with Gasteiger partial charge in [0.1, 0.15) is 5.65 Å². The average molecular weight is 355 g/mol. The number of ether oxygens (including phenoxy) is 1. The quantitative estimate of drug-likeness (QED) is 0.660. The molecule has 3 aromatic rings. The van der Waals surface area contributed by atoms with E-state index in [2.05, 4.69) is 10.3 Å². The van der Waals surface area contributed by atoms with Crippen LogP contribution >= 0.6 is 11.8 Å². The number of hydrogen-bond acceptors (Lipinski definition) is 4. The standard InChI is InChI=1S/C19H21N3O2S/c1-14(12-24-2)20-19(23)16-7-3-4-8-17(16)25-13-15-11-22-10-6-5-9-18(22)21-15/h3-11,14H,12-13H2,1-2H3,(H,20,23). The number of fused-ring (bicyclic) bond motifs is 1. The SMILES string of the molecule is COCC(C)NC(=O)c1ccccc1SCc1cn2ccccc2n1. The molecule has 0 aliphatic carbocycles. The summed E-state index contributed by atoms with van der Waals surface area (Å²) in [6.45, 7) is 2.41. The second-order valence-corrected chi connectivity index (χ2v) is 6.83. The zero-order valence-corrected chi connectivity index (χ0v) is 15.1. The molecule has 5 nitrogen and oxygen atoms in total. The van der Waals surface area contributed by atoms with Crippen LogP contribution in [0.15, 0.2) is 59.8 Å². The summed E-state index contributed by atoms with van der Waals surface area (Å²) in [5, 5.41) is 2.96. The van der Waals surface area contributed by atoms with Crippen molar-refractivity contribution in [2.45, 2.75) is 23.6 Å². The average Bonchev–Trinajstić information content (AvgIpc) is 3.03. The zero-order chi connectivity index (χ0) is 17.6. The lowest BCUT2D eigenvalue weighted by Gasteiger charge is -2.14. The molecule has 1 atom stereocenters. The lowest BCUT2D eigenvalue weighted by Crippen LogP contribution is -2.35. The molecule has 0 spiro atoms. The van der Waals surface area contributed by atoms with Crippen molar-refractivity contribution in [2.24, 2.45) is 0 Å². The smallest absolute Gasteiger partial charge is 0.252 e. The number of nitrogens with zero attached hydrogens (tertiary/aromatic N) is 2. The molecule has 1 amide bonds. The van der Waals surface area contributed by atoms with Gasteiger partial charge < -0.3 is 14.5 Å². The maximum absolute atomic E-state index is 12.5. The number of aromatic nitrogens is 2. The van der Waals surface area contributed by atoms with Crippen LogP contribution in [0.3, 0.4) is 0 Å². The van der Waals surface area contributed by atoms with Crippen LogP contribution in [0.4, 0.5) is 0 Å². The summed E-state index contributed by atoms with van der Waals surface area (Å²) < 4.78 is 7.08. The van der Waals surface area contributed by atoms with Crippen LogP contribution in [0, 0.1) is 0 Å². The van der Waals surface area contributed by atoms with Gasteiger partial charge in [0.15, 0.2) is 0 Å². The van der Waals surface area contributed by atoms with Gasteiger partial charge in [0, 0.05) is 36.2 Å². The molecule has 1 N–H and O–H groups in total. The summed E-state index contributed by atoms with van der Waals surface area (Å²) in [4.78, 5) is 18.0. The number of carbonyl (C=O) groups excluding carboxylic acids is 1. The third-order valence-electron chi connectivity index (χ3n) is 3.72. The van der Waals surface area contributed by atoms with E-state index in [0.29, 0.717) is 17.9 Å². The Kier molecular flexibility index (Phi) is 5.73. The summed E-state index contributed by atoms with van der Waals surface area (Å²) in [6, 6.07) is 13.5. The van der Waals surface area contributed by atoms with Gasteiger partial charge in [-0.1, -0.05) is 18.2 Å². The second-order valence-electron chi connectivity index (χ2n) is 5.81. The minimum absolute atomic E-state index is 0.0333. The first-order valence-corrected chi connectivity index (χ1v) is 9.10. The Labute approximate surface area is 151 Å². The van der Waals surface area contributed by atoms with Crippen molar-refractivity contribution in [1.29, 1.82) is 0 Å². The number of thioether (sulfide) groups is 1. The number of imidazole rings is 1. The molecular formula is C19H21N3O2S. The lowest BCUT2D eigenvalue weighted by molar-refractivity contribution is 0.0902. The van der Waals surface area contributed by atoms with E-state index in [1.807, 2.05) is 66.2 Å². The Morgan fingerprint density at radius 1 is 1.28 bits per heavy atom. The molecule has 6 heteroatoms. The van der Waals surface area contributed by atoms with Crippen LogP contribution in [0.2, 0.25) is 0 Å². The number of amides is 1. The van der Waals surface area contributed by atoms with Gasteiger partial charge >= 0.3 is 0 Å². The summed E-state index contributed by atoms with van der Waals surface area (Å²) in [5.74, 6) is 0.627. The summed E-state index contributed by atoms with van der Waals surface area (Å²) in [5.41, 5.74) is 2.59. The molecule has 1 unspecified atom stereocenters. The van der Waals surface area contributed by atoms with E-state index in [4.69, 9.17) is 4.74 Å². The van der Waals surface area contributed by atoms with Crippen molar-refractivity contribution < 1.29 is 9.53 Å². The molecule has 0 saturated carbocycles. The van der Waals surface area contributed by atoms with Crippen LogP contribution in [0.5, 0.6) is 0 Å². The Bertz CT molecular complexity index is 830. The van der Waals surface area contributed by atoms with E-state index in [1.165, 1.54) is 0 Å². The molecule has 0 radical (unpaired) electrons. The Morgan fingerprint density at radius 3 is 2.88 bits per heavy atom. The van der Waals surface area contributed by atoms with Crippen LogP contribution in [-0.4, -0.2) is 35.1 Å². The molecular weight excluding hydrogens is 334 g/mol. The largest absolute Gasteiger partial charge is 0.383 e. The predicted octanol–water partition coefficient (Wildman–Crippen LogP) is 3.39. The van der Waals surface area contributed by atoms with E-state index in [-0.39, 0.29) is 11.9 Å². The minimum atomic E-state index is -0.0809. The fraction of sp³-hybridized carbons (Fsp3) is 0.263. The van der Waals surface area contributed by atoms with E-state index >= 15 is 0 Å². The fourth-order valence-electron chi connectivity index (χ4n) is 2.58. The topological polar surface area (TPSA) is 55.6 Å². The molecule has 2 heterocycles. The van der Waals surface area contributed by atoms with Crippen molar-refractivity contribution in [2.75, 3.05) is 13.7 Å². The van der Waals surface area contributed by atoms with Gasteiger partial charge in [-0.25, -0.2) is 4.98 Å². The number of rotatable bonds is 7. The van der Waals surface area contributed by atoms with Crippen molar-refractivity contribution in [3.63, 3.8) is 0 Å². The van der Waals surface area contributed by atoms with Gasteiger partial charge in [-0.05, 0) is 31.2 Å². The van der Waals surface area contributed by atoms with E-state index < -0.39 is 0 Å². The van der Waals surface area contributed by atoms with Gasteiger partial charge in [0.2, 0.25) is 0 Å². The van der Waals surface area contributed by atoms with Crippen molar-refractivity contribution in [3.8, 4) is 0 Å². The van der Waals surface area contributed by atoms with Gasteiger partial charge in [0.05, 0.1) is 17.9 Å². The van der Waals surface area contributed by atoms with Gasteiger partial charge in [-0.15, -0.1) is 11.8 Å². The van der Waals surface area contributed by atoms with Gasteiger partial charge in [0.25, 0.3) is 5.91 Å². The summed E-state index contributed by atoms with van der Waals surface area (Å²) >= 11 is 1.62. The third-order valence-corrected chi connectivity index (χ3v) is 4.82. The molecule has 0 bridgehead atoms. The Morgan fingerprint density at radius 2 is 2.08 bits per heavy atom. The number of hydrogen-bond donors (Lipinski definition) is 1. The van der Waals surface area contributed by atoms with Crippen LogP contribution in [0.1, 0.15) is 23.0 Å². The highest BCUT2D eigenvalue weighted by Crippen LogP contribution is 2.26. The second kappa shape index (κ2) is 8.18. The maximum atomic E-state index is 12.5. The predicted molar refractivity (Wildman–Crippen MR) is 100.0 cm³/mol. The highest BCUT2D eigenvalue weighted by molar-refractivity contribution is 7.98. The summed E-state index contributed by atoms with van der Waals surface area (Å²) in [6.07, 6.45) is 4.00. The number of benzene rings is 1. The number of pyridine rings is 1.